The number of hydrogen-bond donors (Lipinski definition) is 2. The van der Waals surface area contributed by atoms with Crippen molar-refractivity contribution in [2.45, 2.75) is 39.7 Å². The highest BCUT2D eigenvalue weighted by Gasteiger charge is 2.22. The highest BCUT2D eigenvalue weighted by atomic mass is 16.5. The topological polar surface area (TPSA) is 97.6 Å². The van der Waals surface area contributed by atoms with Gasteiger partial charge in [-0.05, 0) is 53.8 Å². The second kappa shape index (κ2) is 11.1. The van der Waals surface area contributed by atoms with Gasteiger partial charge in [0.2, 0.25) is 5.91 Å². The van der Waals surface area contributed by atoms with Gasteiger partial charge in [0.05, 0.1) is 11.9 Å². The first-order valence-electron chi connectivity index (χ1n) is 12.2. The average Bonchev–Trinajstić information content (AvgIpc) is 3.17. The molecule has 1 heterocycles. The minimum atomic E-state index is -0.528. The van der Waals surface area contributed by atoms with Crippen molar-refractivity contribution < 1.29 is 24.2 Å². The Hall–Kier alpha value is -4.39. The number of rotatable bonds is 8. The Labute approximate surface area is 215 Å². The molecule has 1 amide bonds. The van der Waals surface area contributed by atoms with Crippen molar-refractivity contribution in [2.24, 2.45) is 0 Å². The quantitative estimate of drug-likeness (QED) is 0.338. The molecular weight excluding hydrogens is 468 g/mol. The summed E-state index contributed by atoms with van der Waals surface area (Å²) in [7, 11) is 0. The lowest BCUT2D eigenvalue weighted by molar-refractivity contribution is -0.145. The summed E-state index contributed by atoms with van der Waals surface area (Å²) in [4.78, 5) is 38.4. The number of nitrogens with one attached hydrogen (secondary N) is 1. The van der Waals surface area contributed by atoms with E-state index in [0.717, 1.165) is 10.9 Å². The highest BCUT2D eigenvalue weighted by Crippen LogP contribution is 2.30. The number of amides is 1. The fourth-order valence-corrected chi connectivity index (χ4v) is 4.38. The largest absolute Gasteiger partial charge is 0.508 e. The van der Waals surface area contributed by atoms with E-state index in [4.69, 9.17) is 4.74 Å². The zero-order chi connectivity index (χ0) is 26.5. The molecule has 0 saturated heterocycles. The van der Waals surface area contributed by atoms with Gasteiger partial charge >= 0.3 is 5.97 Å². The second-order valence-electron chi connectivity index (χ2n) is 9.25. The van der Waals surface area contributed by atoms with E-state index in [-0.39, 0.29) is 43.1 Å². The van der Waals surface area contributed by atoms with Crippen LogP contribution in [0.4, 0.5) is 0 Å². The molecule has 0 fully saturated rings. The van der Waals surface area contributed by atoms with Gasteiger partial charge in [-0.3, -0.25) is 19.0 Å². The van der Waals surface area contributed by atoms with Crippen LogP contribution in [0.5, 0.6) is 5.75 Å². The molecule has 4 rings (SSSR count). The van der Waals surface area contributed by atoms with Gasteiger partial charge in [0.1, 0.15) is 18.9 Å². The lowest BCUT2D eigenvalue weighted by Crippen LogP contribution is -2.31. The van der Waals surface area contributed by atoms with Gasteiger partial charge in [0.25, 0.3) is 5.91 Å². The van der Waals surface area contributed by atoms with Crippen molar-refractivity contribution in [2.75, 3.05) is 6.54 Å². The minimum Gasteiger partial charge on any atom is -0.508 e. The number of esters is 1. The summed E-state index contributed by atoms with van der Waals surface area (Å²) in [6.45, 7) is 5.60. The molecule has 0 bridgehead atoms. The summed E-state index contributed by atoms with van der Waals surface area (Å²) < 4.78 is 6.82. The van der Waals surface area contributed by atoms with E-state index in [0.29, 0.717) is 27.9 Å². The number of carbonyl (C=O) groups excluding carboxylic acids is 3. The molecule has 1 aromatic heterocycles. The molecule has 0 aliphatic carbocycles. The van der Waals surface area contributed by atoms with Crippen LogP contribution in [-0.4, -0.2) is 34.0 Å². The Bertz CT molecular complexity index is 1450. The van der Waals surface area contributed by atoms with E-state index < -0.39 is 5.97 Å². The van der Waals surface area contributed by atoms with Crippen molar-refractivity contribution >= 4 is 28.7 Å². The molecule has 0 spiro atoms. The molecule has 7 heteroatoms. The van der Waals surface area contributed by atoms with E-state index in [9.17, 15) is 19.5 Å². The summed E-state index contributed by atoms with van der Waals surface area (Å²) in [5.74, 6) is -0.914. The number of hydrogen-bond acceptors (Lipinski definition) is 5. The van der Waals surface area contributed by atoms with Crippen LogP contribution in [0, 0.1) is 6.92 Å². The second-order valence-corrected chi connectivity index (χ2v) is 9.25. The first kappa shape index (κ1) is 25.7. The smallest absolute Gasteiger partial charge is 0.325 e. The maximum absolute atomic E-state index is 13.6. The molecule has 2 N–H and O–H groups in total. The van der Waals surface area contributed by atoms with E-state index in [2.05, 4.69) is 5.32 Å². The van der Waals surface area contributed by atoms with Crippen molar-refractivity contribution in [1.82, 2.24) is 9.88 Å². The van der Waals surface area contributed by atoms with Crippen LogP contribution in [0.2, 0.25) is 0 Å². The predicted molar refractivity (Wildman–Crippen MR) is 142 cm³/mol. The lowest BCUT2D eigenvalue weighted by Gasteiger charge is -2.12. The molecular formula is C30H30N2O5. The zero-order valence-electron chi connectivity index (χ0n) is 21.2. The first-order valence-corrected chi connectivity index (χ1v) is 12.2. The highest BCUT2D eigenvalue weighted by molar-refractivity contribution is 6.05. The van der Waals surface area contributed by atoms with Crippen LogP contribution >= 0.6 is 0 Å². The molecule has 0 aliphatic heterocycles. The van der Waals surface area contributed by atoms with Gasteiger partial charge in [-0.2, -0.15) is 0 Å². The van der Waals surface area contributed by atoms with Gasteiger partial charge in [-0.1, -0.05) is 62.4 Å². The van der Waals surface area contributed by atoms with Gasteiger partial charge < -0.3 is 15.2 Å². The Kier molecular flexibility index (Phi) is 7.72. The zero-order valence-corrected chi connectivity index (χ0v) is 21.2. The Morgan fingerprint density at radius 1 is 0.973 bits per heavy atom. The molecule has 0 aliphatic rings. The van der Waals surface area contributed by atoms with Crippen molar-refractivity contribution in [3.63, 3.8) is 0 Å². The summed E-state index contributed by atoms with van der Waals surface area (Å²) in [6.07, 6.45) is 0.00537. The number of para-hydroxylation sites is 1. The van der Waals surface area contributed by atoms with Gasteiger partial charge in [0, 0.05) is 16.6 Å². The van der Waals surface area contributed by atoms with E-state index in [1.807, 2.05) is 68.4 Å². The molecule has 190 valence electrons. The molecule has 0 radical (unpaired) electrons. The van der Waals surface area contributed by atoms with Crippen LogP contribution in [-0.2, 0) is 27.4 Å². The standard InChI is InChI=1S/C30H30N2O5/c1-19(2)24-15-22(13-14-27(24)33)30(36)32-20(3)25(23-11-7-8-12-26(23)32)16-28(34)31-17-29(35)37-18-21-9-5-4-6-10-21/h4-15,19,33H,16-18H2,1-3H3,(H,31,34). The van der Waals surface area contributed by atoms with Crippen molar-refractivity contribution in [3.05, 3.63) is 101 Å². The molecule has 0 atom stereocenters. The van der Waals surface area contributed by atoms with Crippen molar-refractivity contribution in [3.8, 4) is 5.75 Å². The Balaban J connectivity index is 1.51. The fourth-order valence-electron chi connectivity index (χ4n) is 4.38. The third-order valence-electron chi connectivity index (χ3n) is 6.35. The number of phenols is 1. The number of aromatic hydroxyl groups is 1. The van der Waals surface area contributed by atoms with Gasteiger partial charge in [-0.25, -0.2) is 0 Å². The number of aromatic nitrogens is 1. The van der Waals surface area contributed by atoms with Crippen LogP contribution in [0.1, 0.15) is 52.5 Å². The molecule has 7 nitrogen and oxygen atoms in total. The first-order chi connectivity index (χ1) is 17.8. The molecule has 4 aromatic rings. The summed E-state index contributed by atoms with van der Waals surface area (Å²) in [6, 6.07) is 21.6. The van der Waals surface area contributed by atoms with Crippen LogP contribution in [0.15, 0.2) is 72.8 Å². The Morgan fingerprint density at radius 3 is 2.41 bits per heavy atom. The Morgan fingerprint density at radius 2 is 1.68 bits per heavy atom. The molecule has 0 unspecified atom stereocenters. The minimum absolute atomic E-state index is 0.00537. The third-order valence-corrected chi connectivity index (χ3v) is 6.35. The normalized spacial score (nSPS) is 11.0. The van der Waals surface area contributed by atoms with Gasteiger partial charge in [-0.15, -0.1) is 0 Å². The van der Waals surface area contributed by atoms with Crippen LogP contribution in [0.3, 0.4) is 0 Å². The SMILES string of the molecule is Cc1c(CC(=O)NCC(=O)OCc2ccccc2)c2ccccc2n1C(=O)c1ccc(O)c(C(C)C)c1. The molecule has 0 saturated carbocycles. The summed E-state index contributed by atoms with van der Waals surface area (Å²) in [5.41, 5.74) is 4.05. The lowest BCUT2D eigenvalue weighted by atomic mass is 9.99. The van der Waals surface area contributed by atoms with E-state index in [1.165, 1.54) is 6.07 Å². The van der Waals surface area contributed by atoms with Crippen molar-refractivity contribution in [1.29, 1.82) is 0 Å². The maximum atomic E-state index is 13.6. The van der Waals surface area contributed by atoms with E-state index in [1.54, 1.807) is 23.6 Å². The monoisotopic (exact) mass is 498 g/mol. The number of fused-ring (bicyclic) bond motifs is 1. The van der Waals surface area contributed by atoms with Crippen LogP contribution < -0.4 is 5.32 Å². The summed E-state index contributed by atoms with van der Waals surface area (Å²) in [5, 5.41) is 13.6. The maximum Gasteiger partial charge on any atom is 0.325 e. The third kappa shape index (κ3) is 5.72. The fraction of sp³-hybridized carbons (Fsp3) is 0.233. The van der Waals surface area contributed by atoms with E-state index >= 15 is 0 Å². The molecule has 3 aromatic carbocycles. The predicted octanol–water partition coefficient (Wildman–Crippen LogP) is 4.87. The van der Waals surface area contributed by atoms with Crippen LogP contribution in [0.25, 0.3) is 10.9 Å². The number of carbonyl (C=O) groups is 3. The average molecular weight is 499 g/mol. The summed E-state index contributed by atoms with van der Waals surface area (Å²) >= 11 is 0. The molecule has 37 heavy (non-hydrogen) atoms. The number of phenolic OH excluding ortho intramolecular Hbond substituents is 1. The van der Waals surface area contributed by atoms with Gasteiger partial charge in [0.15, 0.2) is 0 Å². The number of benzene rings is 3. The number of ether oxygens (including phenoxy) is 1. The number of nitrogens with zero attached hydrogens (tertiary/aromatic N) is 1.